The highest BCUT2D eigenvalue weighted by Gasteiger charge is 2.25. The number of nitrogens with one attached hydrogen (secondary N) is 1. The van der Waals surface area contributed by atoms with Gasteiger partial charge in [-0.2, -0.15) is 0 Å². The van der Waals surface area contributed by atoms with Gasteiger partial charge in [0.2, 0.25) is 0 Å². The maximum atomic E-state index is 10.0. The lowest BCUT2D eigenvalue weighted by atomic mass is 9.82. The van der Waals surface area contributed by atoms with E-state index >= 15 is 0 Å². The van der Waals surface area contributed by atoms with Crippen molar-refractivity contribution in [2.24, 2.45) is 5.41 Å². The second kappa shape index (κ2) is 9.76. The van der Waals surface area contributed by atoms with Crippen molar-refractivity contribution >= 4 is 15.9 Å². The average Bonchev–Trinajstić information content (AvgIpc) is 2.44. The number of hydrogen-bond acceptors (Lipinski definition) is 4. The first kappa shape index (κ1) is 21.4. The van der Waals surface area contributed by atoms with Gasteiger partial charge in [0.1, 0.15) is 12.4 Å². The fourth-order valence-corrected chi connectivity index (χ4v) is 3.07. The van der Waals surface area contributed by atoms with Crippen LogP contribution in [0.4, 0.5) is 0 Å². The first-order chi connectivity index (χ1) is 11.1. The Hall–Kier alpha value is -0.620. The molecule has 0 radical (unpaired) electrons. The minimum Gasteiger partial charge on any atom is -0.491 e. The minimum absolute atomic E-state index is 0.01000. The fourth-order valence-electron chi connectivity index (χ4n) is 2.81. The average molecular weight is 402 g/mol. The van der Waals surface area contributed by atoms with Crippen LogP contribution in [0.2, 0.25) is 0 Å². The molecule has 0 saturated carbocycles. The number of hydrogen-bond donors (Lipinski definition) is 2. The van der Waals surface area contributed by atoms with Crippen LogP contribution < -0.4 is 10.1 Å². The van der Waals surface area contributed by atoms with Crippen molar-refractivity contribution < 1.29 is 14.6 Å². The zero-order valence-corrected chi connectivity index (χ0v) is 17.1. The quantitative estimate of drug-likeness (QED) is 0.581. The van der Waals surface area contributed by atoms with E-state index in [-0.39, 0.29) is 11.0 Å². The van der Waals surface area contributed by atoms with Crippen molar-refractivity contribution in [3.63, 3.8) is 0 Å². The molecular formula is C19H32BrNO3. The lowest BCUT2D eigenvalue weighted by molar-refractivity contribution is 0.0211. The molecule has 0 aliphatic carbocycles. The summed E-state index contributed by atoms with van der Waals surface area (Å²) in [5, 5.41) is 13.4. The Labute approximate surface area is 155 Å². The summed E-state index contributed by atoms with van der Waals surface area (Å²) in [4.78, 5) is 0. The molecule has 2 N–H and O–H groups in total. The van der Waals surface area contributed by atoms with Gasteiger partial charge in [0.15, 0.2) is 0 Å². The number of aliphatic hydroxyl groups is 1. The molecule has 1 aromatic rings. The van der Waals surface area contributed by atoms with E-state index in [2.05, 4.69) is 55.9 Å². The van der Waals surface area contributed by atoms with Crippen molar-refractivity contribution in [1.29, 1.82) is 0 Å². The lowest BCUT2D eigenvalue weighted by Crippen LogP contribution is -2.46. The normalized spacial score (nSPS) is 13.8. The molecule has 0 amide bonds. The summed E-state index contributed by atoms with van der Waals surface area (Å²) in [6.45, 7) is 12.8. The van der Waals surface area contributed by atoms with Gasteiger partial charge in [-0.25, -0.2) is 0 Å². The largest absolute Gasteiger partial charge is 0.491 e. The summed E-state index contributed by atoms with van der Waals surface area (Å²) in [6, 6.07) is 7.68. The number of halogens is 1. The predicted molar refractivity (Wildman–Crippen MR) is 103 cm³/mol. The summed E-state index contributed by atoms with van der Waals surface area (Å²) in [7, 11) is 0. The highest BCUT2D eigenvalue weighted by Crippen LogP contribution is 2.26. The van der Waals surface area contributed by atoms with Crippen molar-refractivity contribution in [2.75, 3.05) is 26.4 Å². The summed E-state index contributed by atoms with van der Waals surface area (Å²) in [6.07, 6.45) is 0.520. The van der Waals surface area contributed by atoms with Gasteiger partial charge in [0.05, 0.1) is 19.3 Å². The monoisotopic (exact) mass is 401 g/mol. The Bertz CT molecular complexity index is 468. The lowest BCUT2D eigenvalue weighted by Gasteiger charge is -2.34. The highest BCUT2D eigenvalue weighted by atomic mass is 79.9. The Kier molecular flexibility index (Phi) is 8.71. The van der Waals surface area contributed by atoms with Crippen LogP contribution in [0.1, 0.15) is 41.0 Å². The van der Waals surface area contributed by atoms with Crippen LogP contribution in [0.15, 0.2) is 28.7 Å². The Balaban J connectivity index is 2.13. The van der Waals surface area contributed by atoms with E-state index in [0.29, 0.717) is 26.4 Å². The van der Waals surface area contributed by atoms with E-state index in [1.165, 1.54) is 0 Å². The van der Waals surface area contributed by atoms with Crippen LogP contribution in [-0.2, 0) is 4.74 Å². The van der Waals surface area contributed by atoms with Crippen LogP contribution in [0, 0.1) is 5.41 Å². The molecule has 0 unspecified atom stereocenters. The van der Waals surface area contributed by atoms with Crippen LogP contribution in [0.5, 0.6) is 5.75 Å². The first-order valence-corrected chi connectivity index (χ1v) is 9.26. The number of benzene rings is 1. The van der Waals surface area contributed by atoms with E-state index < -0.39 is 6.10 Å². The second-order valence-electron chi connectivity index (χ2n) is 8.03. The summed E-state index contributed by atoms with van der Waals surface area (Å²) < 4.78 is 12.1. The minimum atomic E-state index is -0.517. The molecule has 0 spiro atoms. The number of aliphatic hydroxyl groups excluding tert-OH is 1. The molecule has 0 bridgehead atoms. The van der Waals surface area contributed by atoms with E-state index in [4.69, 9.17) is 9.47 Å². The zero-order valence-electron chi connectivity index (χ0n) is 15.6. The summed E-state index contributed by atoms with van der Waals surface area (Å²) >= 11 is 3.38. The fraction of sp³-hybridized carbons (Fsp3) is 0.684. The van der Waals surface area contributed by atoms with Gasteiger partial charge >= 0.3 is 0 Å². The van der Waals surface area contributed by atoms with Crippen molar-refractivity contribution in [3.8, 4) is 5.75 Å². The maximum absolute atomic E-state index is 10.0. The topological polar surface area (TPSA) is 50.7 Å². The highest BCUT2D eigenvalue weighted by molar-refractivity contribution is 9.10. The van der Waals surface area contributed by atoms with Gasteiger partial charge in [-0.05, 0) is 49.9 Å². The third-order valence-electron chi connectivity index (χ3n) is 3.41. The molecule has 24 heavy (non-hydrogen) atoms. The van der Waals surface area contributed by atoms with Gasteiger partial charge in [0, 0.05) is 16.6 Å². The summed E-state index contributed by atoms with van der Waals surface area (Å²) in [5.41, 5.74) is 0.242. The van der Waals surface area contributed by atoms with Gasteiger partial charge in [0.25, 0.3) is 0 Å². The molecule has 0 aromatic heterocycles. The maximum Gasteiger partial charge on any atom is 0.119 e. The SMILES string of the molecule is CC(C)(C)CC(C)(C)NC[C@H](O)COCCOc1ccc(Br)cc1. The standard InChI is InChI=1S/C19H32BrNO3/c1-18(2,3)14-19(4,5)21-12-16(22)13-23-10-11-24-17-8-6-15(20)7-9-17/h6-9,16,21-22H,10-14H2,1-5H3/t16-/m0/s1. The third kappa shape index (κ3) is 10.3. The molecule has 4 nitrogen and oxygen atoms in total. The summed E-state index contributed by atoms with van der Waals surface area (Å²) in [5.74, 6) is 0.813. The molecule has 1 atom stereocenters. The third-order valence-corrected chi connectivity index (χ3v) is 3.94. The van der Waals surface area contributed by atoms with E-state index in [0.717, 1.165) is 16.6 Å². The molecule has 1 rings (SSSR count). The smallest absolute Gasteiger partial charge is 0.119 e. The van der Waals surface area contributed by atoms with Crippen LogP contribution in [-0.4, -0.2) is 43.1 Å². The van der Waals surface area contributed by atoms with Crippen molar-refractivity contribution in [1.82, 2.24) is 5.32 Å². The Morgan fingerprint density at radius 3 is 2.29 bits per heavy atom. The van der Waals surface area contributed by atoms with Crippen LogP contribution in [0.3, 0.4) is 0 Å². The second-order valence-corrected chi connectivity index (χ2v) is 8.95. The van der Waals surface area contributed by atoms with Gasteiger partial charge < -0.3 is 19.9 Å². The molecule has 1 aromatic carbocycles. The predicted octanol–water partition coefficient (Wildman–Crippen LogP) is 4.01. The molecular weight excluding hydrogens is 370 g/mol. The Morgan fingerprint density at radius 2 is 1.71 bits per heavy atom. The molecule has 0 saturated heterocycles. The number of β-amino-alcohol motifs (C(OH)–C–C–N with tert-alkyl or cyclic N) is 1. The van der Waals surface area contributed by atoms with E-state index in [9.17, 15) is 5.11 Å². The van der Waals surface area contributed by atoms with Crippen molar-refractivity contribution in [3.05, 3.63) is 28.7 Å². The van der Waals surface area contributed by atoms with Crippen LogP contribution in [0.25, 0.3) is 0 Å². The molecule has 5 heteroatoms. The zero-order chi connectivity index (χ0) is 18.2. The van der Waals surface area contributed by atoms with Gasteiger partial charge in [-0.3, -0.25) is 0 Å². The molecule has 0 aliphatic heterocycles. The van der Waals surface area contributed by atoms with Gasteiger partial charge in [-0.15, -0.1) is 0 Å². The van der Waals surface area contributed by atoms with Gasteiger partial charge in [-0.1, -0.05) is 36.7 Å². The first-order valence-electron chi connectivity index (χ1n) is 8.47. The molecule has 0 fully saturated rings. The van der Waals surface area contributed by atoms with Crippen LogP contribution >= 0.6 is 15.9 Å². The molecule has 0 aliphatic rings. The van der Waals surface area contributed by atoms with Crippen molar-refractivity contribution in [2.45, 2.75) is 52.7 Å². The van der Waals surface area contributed by atoms with E-state index in [1.54, 1.807) is 0 Å². The number of rotatable bonds is 10. The molecule has 138 valence electrons. The number of ether oxygens (including phenoxy) is 2. The molecule has 0 heterocycles. The van der Waals surface area contributed by atoms with E-state index in [1.807, 2.05) is 24.3 Å². The Morgan fingerprint density at radius 1 is 1.08 bits per heavy atom.